The van der Waals surface area contributed by atoms with Gasteiger partial charge in [-0.2, -0.15) is 0 Å². The number of rotatable bonds is 9. The van der Waals surface area contributed by atoms with Crippen molar-refractivity contribution in [2.24, 2.45) is 0 Å². The van der Waals surface area contributed by atoms with Gasteiger partial charge in [0.15, 0.2) is 0 Å². The van der Waals surface area contributed by atoms with Crippen LogP contribution in [0.25, 0.3) is 0 Å². The molecule has 28 heavy (non-hydrogen) atoms. The maximum atomic E-state index is 12.3. The quantitative estimate of drug-likeness (QED) is 0.636. The van der Waals surface area contributed by atoms with Gasteiger partial charge in [0.2, 0.25) is 10.0 Å². The van der Waals surface area contributed by atoms with E-state index >= 15 is 0 Å². The molecular formula is C19H24N2O6S. The molecule has 0 bridgehead atoms. The fourth-order valence-electron chi connectivity index (χ4n) is 2.29. The zero-order chi connectivity index (χ0) is 20.7. The summed E-state index contributed by atoms with van der Waals surface area (Å²) in [5.74, 6) is 1.27. The molecule has 0 fully saturated rings. The van der Waals surface area contributed by atoms with E-state index < -0.39 is 10.0 Å². The zero-order valence-corrected chi connectivity index (χ0v) is 17.1. The molecule has 9 heteroatoms. The minimum absolute atomic E-state index is 0.185. The molecule has 0 aromatic heterocycles. The summed E-state index contributed by atoms with van der Waals surface area (Å²) >= 11 is 0. The second-order valence-corrected chi connectivity index (χ2v) is 8.12. The van der Waals surface area contributed by atoms with Gasteiger partial charge < -0.3 is 19.5 Å². The van der Waals surface area contributed by atoms with Crippen LogP contribution in [0.4, 0.5) is 0 Å². The fraction of sp³-hybridized carbons (Fsp3) is 0.316. The molecule has 152 valence electrons. The Morgan fingerprint density at radius 3 is 2.04 bits per heavy atom. The maximum Gasteiger partial charge on any atom is 0.251 e. The second-order valence-electron chi connectivity index (χ2n) is 5.96. The number of nitrogens with zero attached hydrogens (tertiary/aromatic N) is 1. The van der Waals surface area contributed by atoms with Crippen molar-refractivity contribution in [3.05, 3.63) is 48.0 Å². The van der Waals surface area contributed by atoms with Gasteiger partial charge in [-0.05, 0) is 36.4 Å². The van der Waals surface area contributed by atoms with Crippen LogP contribution in [0.1, 0.15) is 10.4 Å². The Hall–Kier alpha value is -2.78. The molecule has 0 aliphatic rings. The Bertz CT molecular complexity index is 888. The monoisotopic (exact) mass is 408 g/mol. The largest absolute Gasteiger partial charge is 0.497 e. The number of amides is 1. The highest BCUT2D eigenvalue weighted by Gasteiger charge is 2.16. The summed E-state index contributed by atoms with van der Waals surface area (Å²) in [6, 6.07) is 11.0. The first-order valence-electron chi connectivity index (χ1n) is 8.44. The Morgan fingerprint density at radius 2 is 1.54 bits per heavy atom. The molecule has 0 heterocycles. The lowest BCUT2D eigenvalue weighted by molar-refractivity contribution is 0.0946. The van der Waals surface area contributed by atoms with E-state index in [-0.39, 0.29) is 24.0 Å². The van der Waals surface area contributed by atoms with Crippen molar-refractivity contribution in [2.45, 2.75) is 4.90 Å². The maximum absolute atomic E-state index is 12.3. The van der Waals surface area contributed by atoms with E-state index in [1.807, 2.05) is 0 Å². The molecule has 0 radical (unpaired) electrons. The van der Waals surface area contributed by atoms with E-state index in [1.54, 1.807) is 30.3 Å². The van der Waals surface area contributed by atoms with Crippen LogP contribution in [0.3, 0.4) is 0 Å². The SMILES string of the molecule is COc1cc(OC)cc(C(=O)NCCOc2ccc(S(=O)(=O)N(C)C)cc2)c1. The highest BCUT2D eigenvalue weighted by Crippen LogP contribution is 2.22. The molecule has 1 amide bonds. The molecule has 2 rings (SSSR count). The minimum Gasteiger partial charge on any atom is -0.497 e. The molecule has 2 aromatic carbocycles. The molecule has 1 N–H and O–H groups in total. The van der Waals surface area contributed by atoms with Crippen LogP contribution in [0.5, 0.6) is 17.2 Å². The van der Waals surface area contributed by atoms with E-state index in [2.05, 4.69) is 5.32 Å². The Labute approximate surface area is 165 Å². The van der Waals surface area contributed by atoms with Crippen molar-refractivity contribution in [1.29, 1.82) is 0 Å². The molecule has 0 unspecified atom stereocenters. The van der Waals surface area contributed by atoms with Gasteiger partial charge in [0.1, 0.15) is 23.9 Å². The van der Waals surface area contributed by atoms with Crippen molar-refractivity contribution in [3.8, 4) is 17.2 Å². The Morgan fingerprint density at radius 1 is 0.964 bits per heavy atom. The van der Waals surface area contributed by atoms with E-state index in [9.17, 15) is 13.2 Å². The third kappa shape index (κ3) is 5.37. The molecule has 2 aromatic rings. The third-order valence-electron chi connectivity index (χ3n) is 3.87. The number of methoxy groups -OCH3 is 2. The van der Waals surface area contributed by atoms with Gasteiger partial charge in [0, 0.05) is 25.7 Å². The van der Waals surface area contributed by atoms with Crippen LogP contribution in [0.15, 0.2) is 47.4 Å². The number of carbonyl (C=O) groups excluding carboxylic acids is 1. The number of benzene rings is 2. The summed E-state index contributed by atoms with van der Waals surface area (Å²) in [5, 5.41) is 2.74. The number of hydrogen-bond donors (Lipinski definition) is 1. The summed E-state index contributed by atoms with van der Waals surface area (Å²) < 4.78 is 41.0. The first-order valence-corrected chi connectivity index (χ1v) is 9.88. The van der Waals surface area contributed by atoms with Crippen LogP contribution < -0.4 is 19.5 Å². The summed E-state index contributed by atoms with van der Waals surface area (Å²) in [6.07, 6.45) is 0. The van der Waals surface area contributed by atoms with Crippen molar-refractivity contribution in [1.82, 2.24) is 9.62 Å². The van der Waals surface area contributed by atoms with E-state index in [0.29, 0.717) is 22.8 Å². The van der Waals surface area contributed by atoms with Gasteiger partial charge in [0.05, 0.1) is 25.7 Å². The molecule has 0 spiro atoms. The topological polar surface area (TPSA) is 94.2 Å². The van der Waals surface area contributed by atoms with Crippen LogP contribution in [-0.2, 0) is 10.0 Å². The highest BCUT2D eigenvalue weighted by atomic mass is 32.2. The predicted octanol–water partition coefficient (Wildman–Crippen LogP) is 1.76. The molecule has 8 nitrogen and oxygen atoms in total. The molecule has 0 saturated heterocycles. The average Bonchev–Trinajstić information content (AvgIpc) is 2.70. The van der Waals surface area contributed by atoms with Crippen LogP contribution in [0, 0.1) is 0 Å². The van der Waals surface area contributed by atoms with Gasteiger partial charge in [-0.1, -0.05) is 0 Å². The van der Waals surface area contributed by atoms with E-state index in [4.69, 9.17) is 14.2 Å². The standard InChI is InChI=1S/C19H24N2O6S/c1-21(2)28(23,24)18-7-5-15(6-8-18)27-10-9-20-19(22)14-11-16(25-3)13-17(12-14)26-4/h5-8,11-13H,9-10H2,1-4H3,(H,20,22). The predicted molar refractivity (Wildman–Crippen MR) is 105 cm³/mol. The number of ether oxygens (including phenoxy) is 3. The lowest BCUT2D eigenvalue weighted by Crippen LogP contribution is -2.28. The van der Waals surface area contributed by atoms with Crippen molar-refractivity contribution >= 4 is 15.9 Å². The number of hydrogen-bond acceptors (Lipinski definition) is 6. The average molecular weight is 408 g/mol. The summed E-state index contributed by atoms with van der Waals surface area (Å²) in [6.45, 7) is 0.503. The fourth-order valence-corrected chi connectivity index (χ4v) is 3.19. The first kappa shape index (κ1) is 21.5. The van der Waals surface area contributed by atoms with Gasteiger partial charge in [-0.15, -0.1) is 0 Å². The van der Waals surface area contributed by atoms with Gasteiger partial charge >= 0.3 is 0 Å². The second kappa shape index (κ2) is 9.43. The van der Waals surface area contributed by atoms with Crippen LogP contribution >= 0.6 is 0 Å². The summed E-state index contributed by atoms with van der Waals surface area (Å²) in [4.78, 5) is 12.4. The zero-order valence-electron chi connectivity index (χ0n) is 16.3. The normalized spacial score (nSPS) is 11.2. The van der Waals surface area contributed by atoms with Crippen molar-refractivity contribution in [3.63, 3.8) is 0 Å². The smallest absolute Gasteiger partial charge is 0.251 e. The molecule has 0 aliphatic carbocycles. The van der Waals surface area contributed by atoms with Crippen molar-refractivity contribution < 1.29 is 27.4 Å². The Kier molecular flexibility index (Phi) is 7.24. The summed E-state index contributed by atoms with van der Waals surface area (Å²) in [7, 11) is 2.50. The minimum atomic E-state index is -3.47. The Balaban J connectivity index is 1.88. The number of nitrogens with one attached hydrogen (secondary N) is 1. The molecule has 0 atom stereocenters. The van der Waals surface area contributed by atoms with Crippen molar-refractivity contribution in [2.75, 3.05) is 41.5 Å². The number of sulfonamides is 1. The third-order valence-corrected chi connectivity index (χ3v) is 5.70. The first-order chi connectivity index (χ1) is 13.3. The van der Waals surface area contributed by atoms with Gasteiger partial charge in [-0.3, -0.25) is 4.79 Å². The van der Waals surface area contributed by atoms with Gasteiger partial charge in [0.25, 0.3) is 5.91 Å². The van der Waals surface area contributed by atoms with Crippen LogP contribution in [-0.4, -0.2) is 60.1 Å². The molecular weight excluding hydrogens is 384 g/mol. The summed E-state index contributed by atoms with van der Waals surface area (Å²) in [5.41, 5.74) is 0.412. The molecule has 0 aliphatic heterocycles. The lowest BCUT2D eigenvalue weighted by atomic mass is 10.2. The number of carbonyl (C=O) groups is 1. The lowest BCUT2D eigenvalue weighted by Gasteiger charge is -2.12. The highest BCUT2D eigenvalue weighted by molar-refractivity contribution is 7.89. The van der Waals surface area contributed by atoms with E-state index in [0.717, 1.165) is 4.31 Å². The van der Waals surface area contributed by atoms with Gasteiger partial charge in [-0.25, -0.2) is 12.7 Å². The van der Waals surface area contributed by atoms with Crippen LogP contribution in [0.2, 0.25) is 0 Å². The van der Waals surface area contributed by atoms with E-state index in [1.165, 1.54) is 40.4 Å². The molecule has 0 saturated carbocycles.